The van der Waals surface area contributed by atoms with Gasteiger partial charge >= 0.3 is 5.97 Å². The molecule has 0 saturated carbocycles. The van der Waals surface area contributed by atoms with Crippen molar-refractivity contribution in [2.75, 3.05) is 6.54 Å². The summed E-state index contributed by atoms with van der Waals surface area (Å²) in [7, 11) is 0. The van der Waals surface area contributed by atoms with Gasteiger partial charge in [-0.3, -0.25) is 9.59 Å². The minimum Gasteiger partial charge on any atom is -0.481 e. The number of nitriles is 1. The number of benzene rings is 1. The Morgan fingerprint density at radius 3 is 2.67 bits per heavy atom. The summed E-state index contributed by atoms with van der Waals surface area (Å²) in [5, 5.41) is 20.0. The second-order valence-corrected chi connectivity index (χ2v) is 4.85. The average molecular weight is 288 g/mol. The fraction of sp³-hybridized carbons (Fsp3) is 0.438. The Hall–Kier alpha value is -2.35. The van der Waals surface area contributed by atoms with Gasteiger partial charge in [0.05, 0.1) is 12.5 Å². The van der Waals surface area contributed by atoms with Crippen LogP contribution in [0.2, 0.25) is 0 Å². The summed E-state index contributed by atoms with van der Waals surface area (Å²) in [5.41, 5.74) is 1.40. The van der Waals surface area contributed by atoms with Crippen molar-refractivity contribution in [1.82, 2.24) is 5.32 Å². The lowest BCUT2D eigenvalue weighted by Gasteiger charge is -2.06. The zero-order valence-corrected chi connectivity index (χ0v) is 12.0. The first-order chi connectivity index (χ1) is 10.1. The number of carboxylic acid groups (broad SMARTS) is 1. The molecule has 1 aromatic carbocycles. The SMILES string of the molecule is N#CCc1cccc(C(=O)NCCCCCCC(=O)O)c1. The normalized spacial score (nSPS) is 9.86. The maximum atomic E-state index is 11.9. The molecule has 0 atom stereocenters. The predicted molar refractivity (Wildman–Crippen MR) is 78.8 cm³/mol. The lowest BCUT2D eigenvalue weighted by Crippen LogP contribution is -2.24. The molecule has 0 unspecified atom stereocenters. The molecule has 0 spiro atoms. The minimum absolute atomic E-state index is 0.139. The standard InChI is InChI=1S/C16H20N2O3/c17-10-9-13-6-5-7-14(12-13)16(21)18-11-4-2-1-3-8-15(19)20/h5-7,12H,1-4,8-9,11H2,(H,18,21)(H,19,20). The third-order valence-corrected chi connectivity index (χ3v) is 3.08. The lowest BCUT2D eigenvalue weighted by molar-refractivity contribution is -0.137. The van der Waals surface area contributed by atoms with Crippen LogP contribution in [-0.2, 0) is 11.2 Å². The van der Waals surface area contributed by atoms with Crippen LogP contribution in [0.15, 0.2) is 24.3 Å². The molecule has 21 heavy (non-hydrogen) atoms. The summed E-state index contributed by atoms with van der Waals surface area (Å²) in [5.74, 6) is -0.902. The molecule has 0 heterocycles. The molecular weight excluding hydrogens is 268 g/mol. The van der Waals surface area contributed by atoms with Gasteiger partial charge in [-0.05, 0) is 30.5 Å². The van der Waals surface area contributed by atoms with Gasteiger partial charge in [0.15, 0.2) is 0 Å². The summed E-state index contributed by atoms with van der Waals surface area (Å²) in [6, 6.07) is 9.10. The molecule has 1 aromatic rings. The van der Waals surface area contributed by atoms with Gasteiger partial charge in [-0.15, -0.1) is 0 Å². The highest BCUT2D eigenvalue weighted by molar-refractivity contribution is 5.94. The first kappa shape index (κ1) is 16.7. The van der Waals surface area contributed by atoms with E-state index in [2.05, 4.69) is 11.4 Å². The fourth-order valence-corrected chi connectivity index (χ4v) is 1.97. The molecule has 5 nitrogen and oxygen atoms in total. The Bertz CT molecular complexity index is 520. The van der Waals surface area contributed by atoms with E-state index < -0.39 is 5.97 Å². The highest BCUT2D eigenvalue weighted by Gasteiger charge is 2.05. The van der Waals surface area contributed by atoms with E-state index in [4.69, 9.17) is 10.4 Å². The van der Waals surface area contributed by atoms with Crippen molar-refractivity contribution in [2.24, 2.45) is 0 Å². The van der Waals surface area contributed by atoms with E-state index in [1.807, 2.05) is 6.07 Å². The quantitative estimate of drug-likeness (QED) is 0.683. The first-order valence-corrected chi connectivity index (χ1v) is 7.09. The summed E-state index contributed by atoms with van der Waals surface area (Å²) in [4.78, 5) is 22.2. The molecule has 0 aliphatic carbocycles. The molecular formula is C16H20N2O3. The third kappa shape index (κ3) is 7.11. The van der Waals surface area contributed by atoms with Crippen LogP contribution in [0.1, 0.15) is 48.0 Å². The Morgan fingerprint density at radius 2 is 1.95 bits per heavy atom. The molecule has 0 bridgehead atoms. The second-order valence-electron chi connectivity index (χ2n) is 4.85. The topological polar surface area (TPSA) is 90.2 Å². The summed E-state index contributed by atoms with van der Waals surface area (Å²) >= 11 is 0. The van der Waals surface area contributed by atoms with E-state index in [-0.39, 0.29) is 12.3 Å². The monoisotopic (exact) mass is 288 g/mol. The number of nitrogens with one attached hydrogen (secondary N) is 1. The zero-order chi connectivity index (χ0) is 15.5. The number of carboxylic acids is 1. The van der Waals surface area contributed by atoms with Crippen molar-refractivity contribution in [3.63, 3.8) is 0 Å². The number of hydrogen-bond acceptors (Lipinski definition) is 3. The molecule has 0 radical (unpaired) electrons. The molecule has 0 aliphatic rings. The van der Waals surface area contributed by atoms with Gasteiger partial charge in [0.2, 0.25) is 0 Å². The van der Waals surface area contributed by atoms with Gasteiger partial charge in [0.1, 0.15) is 0 Å². The van der Waals surface area contributed by atoms with Crippen molar-refractivity contribution >= 4 is 11.9 Å². The molecule has 0 saturated heterocycles. The van der Waals surface area contributed by atoms with Crippen LogP contribution in [0.3, 0.4) is 0 Å². The highest BCUT2D eigenvalue weighted by atomic mass is 16.4. The molecule has 0 aromatic heterocycles. The van der Waals surface area contributed by atoms with E-state index in [1.54, 1.807) is 18.2 Å². The number of rotatable bonds is 9. The number of nitrogens with zero attached hydrogens (tertiary/aromatic N) is 1. The Labute approximate surface area is 124 Å². The Balaban J connectivity index is 2.23. The van der Waals surface area contributed by atoms with Crippen molar-refractivity contribution < 1.29 is 14.7 Å². The van der Waals surface area contributed by atoms with Gasteiger partial charge in [-0.1, -0.05) is 25.0 Å². The molecule has 0 fully saturated rings. The number of aliphatic carboxylic acids is 1. The largest absolute Gasteiger partial charge is 0.481 e. The van der Waals surface area contributed by atoms with Crippen molar-refractivity contribution in [2.45, 2.75) is 38.5 Å². The number of unbranched alkanes of at least 4 members (excludes halogenated alkanes) is 3. The fourth-order valence-electron chi connectivity index (χ4n) is 1.97. The Kier molecular flexibility index (Phi) is 7.59. The van der Waals surface area contributed by atoms with Crippen LogP contribution in [0, 0.1) is 11.3 Å². The molecule has 0 aliphatic heterocycles. The van der Waals surface area contributed by atoms with Crippen molar-refractivity contribution in [1.29, 1.82) is 5.26 Å². The van der Waals surface area contributed by atoms with Crippen LogP contribution in [0.4, 0.5) is 0 Å². The number of carbonyl (C=O) groups is 2. The van der Waals surface area contributed by atoms with Gasteiger partial charge in [0, 0.05) is 18.5 Å². The zero-order valence-electron chi connectivity index (χ0n) is 12.0. The van der Waals surface area contributed by atoms with E-state index in [1.165, 1.54) is 0 Å². The molecule has 1 rings (SSSR count). The van der Waals surface area contributed by atoms with Crippen LogP contribution >= 0.6 is 0 Å². The molecule has 1 amide bonds. The van der Waals surface area contributed by atoms with Crippen LogP contribution in [0.25, 0.3) is 0 Å². The third-order valence-electron chi connectivity index (χ3n) is 3.08. The number of amides is 1. The van der Waals surface area contributed by atoms with Crippen LogP contribution < -0.4 is 5.32 Å². The van der Waals surface area contributed by atoms with E-state index in [0.29, 0.717) is 24.9 Å². The maximum Gasteiger partial charge on any atom is 0.303 e. The van der Waals surface area contributed by atoms with Crippen molar-refractivity contribution in [3.05, 3.63) is 35.4 Å². The van der Waals surface area contributed by atoms with Gasteiger partial charge in [0.25, 0.3) is 5.91 Å². The van der Waals surface area contributed by atoms with Crippen molar-refractivity contribution in [3.8, 4) is 6.07 Å². The molecule has 112 valence electrons. The smallest absolute Gasteiger partial charge is 0.303 e. The first-order valence-electron chi connectivity index (χ1n) is 7.09. The van der Waals surface area contributed by atoms with E-state index in [0.717, 1.165) is 24.8 Å². The predicted octanol–water partition coefficient (Wildman–Crippen LogP) is 2.52. The van der Waals surface area contributed by atoms with Gasteiger partial charge in [-0.25, -0.2) is 0 Å². The van der Waals surface area contributed by atoms with Crippen LogP contribution in [0.5, 0.6) is 0 Å². The van der Waals surface area contributed by atoms with E-state index >= 15 is 0 Å². The number of hydrogen-bond donors (Lipinski definition) is 2. The Morgan fingerprint density at radius 1 is 1.19 bits per heavy atom. The maximum absolute atomic E-state index is 11.9. The van der Waals surface area contributed by atoms with Crippen LogP contribution in [-0.4, -0.2) is 23.5 Å². The van der Waals surface area contributed by atoms with E-state index in [9.17, 15) is 9.59 Å². The summed E-state index contributed by atoms with van der Waals surface area (Å²) in [6.45, 7) is 0.578. The minimum atomic E-state index is -0.763. The number of carbonyl (C=O) groups excluding carboxylic acids is 1. The average Bonchev–Trinajstić information content (AvgIpc) is 2.46. The second kappa shape index (κ2) is 9.54. The molecule has 5 heteroatoms. The summed E-state index contributed by atoms with van der Waals surface area (Å²) < 4.78 is 0. The highest BCUT2D eigenvalue weighted by Crippen LogP contribution is 2.06. The van der Waals surface area contributed by atoms with Gasteiger partial charge < -0.3 is 10.4 Å². The summed E-state index contributed by atoms with van der Waals surface area (Å²) in [6.07, 6.45) is 3.79. The lowest BCUT2D eigenvalue weighted by atomic mass is 10.1. The van der Waals surface area contributed by atoms with Gasteiger partial charge in [-0.2, -0.15) is 5.26 Å². The molecule has 2 N–H and O–H groups in total.